The van der Waals surface area contributed by atoms with E-state index >= 15 is 0 Å². The zero-order valence-corrected chi connectivity index (χ0v) is 40.2. The van der Waals surface area contributed by atoms with E-state index in [1.807, 2.05) is 4.90 Å². The molecule has 18 nitrogen and oxygen atoms in total. The molecule has 1 saturated heterocycles. The summed E-state index contributed by atoms with van der Waals surface area (Å²) in [4.78, 5) is 24.7. The second-order valence-electron chi connectivity index (χ2n) is 10.6. The standard InChI is InChI=1S/C27H21ClF2N10O8S2.C2H6I2.2Na/c28-24-35-26(37-27(36-24)40-5-7-46-8-6-40)32-14-2-1-13-9-18(49-48-47-42)22(23(41)16(13)10-14)39-38-17-11-15(3-4-19(17)50(43,44)45)31-21-12-20(29)33-25(30)34-21;1-4(2)3;;/h1-4,9-12,41-42H,5-8H2,(H,31,33,34)(H,43,44,45)(H,32,35,36,37);1-2H3;;/q;;2*+1/p-2. The Hall–Kier alpha value is -1.48. The number of ether oxygens (including phenoxy) is 1. The summed E-state index contributed by atoms with van der Waals surface area (Å²) >= 11 is 8.72. The molecule has 0 aliphatic carbocycles. The minimum absolute atomic E-state index is 0. The quantitative estimate of drug-likeness (QED) is 0.0155. The van der Waals surface area contributed by atoms with Crippen molar-refractivity contribution >= 4 is 119 Å². The van der Waals surface area contributed by atoms with Crippen molar-refractivity contribution in [3.63, 3.8) is 0 Å². The molecule has 56 heavy (non-hydrogen) atoms. The molecule has 5 aromatic rings. The Balaban J connectivity index is 0.00000134. The van der Waals surface area contributed by atoms with Crippen LogP contribution in [-0.2, 0) is 24.2 Å². The van der Waals surface area contributed by atoms with Crippen molar-refractivity contribution in [2.45, 2.75) is 9.79 Å². The monoisotopic (exact) mass is 1080 g/mol. The smallest absolute Gasteiger partial charge is 0.744 e. The van der Waals surface area contributed by atoms with Gasteiger partial charge in [-0.1, -0.05) is 6.07 Å². The SMILES string of the molecule is CI(C)I.O=S(=O)([O-])c1ccc(Nc2cc(F)nc(F)n2)cc1N=Nc1c(SOO[O-])cc2ccc(Nc3nc(Cl)nc(N4CCOCC4)n3)cc2c1O.[Na+].[Na+]. The number of halogens is 5. The average molecular weight is 1080 g/mol. The Kier molecular flexibility index (Phi) is 19.9. The first kappa shape index (κ1) is 48.9. The summed E-state index contributed by atoms with van der Waals surface area (Å²) in [5.41, 5.74) is -0.478. The Morgan fingerprint density at radius 3 is 2.34 bits per heavy atom. The molecule has 0 unspecified atom stereocenters. The number of morpholine rings is 1. The fourth-order valence-corrected chi connectivity index (χ4v) is 5.89. The van der Waals surface area contributed by atoms with Crippen LogP contribution in [0, 0.1) is 12.0 Å². The van der Waals surface area contributed by atoms with E-state index in [9.17, 15) is 32.1 Å². The second-order valence-corrected chi connectivity index (χ2v) is 27.8. The third-order valence-corrected chi connectivity index (χ3v) is 8.44. The number of benzene rings is 3. The molecule has 6 rings (SSSR count). The first-order valence-electron chi connectivity index (χ1n) is 14.8. The number of nitrogens with zero attached hydrogens (tertiary/aromatic N) is 8. The van der Waals surface area contributed by atoms with E-state index in [-0.39, 0.29) is 114 Å². The van der Waals surface area contributed by atoms with Crippen LogP contribution in [0.4, 0.5) is 49.2 Å². The number of aromatic hydroxyl groups is 1. The third kappa shape index (κ3) is 14.1. The summed E-state index contributed by atoms with van der Waals surface area (Å²) in [7, 11) is -5.13. The van der Waals surface area contributed by atoms with Crippen molar-refractivity contribution in [2.24, 2.45) is 10.2 Å². The maximum absolute atomic E-state index is 13.6. The Labute approximate surface area is 388 Å². The number of hydrogen-bond donors (Lipinski definition) is 3. The number of azo groups is 1. The molecule has 0 radical (unpaired) electrons. The largest absolute Gasteiger partial charge is 1.00 e. The second kappa shape index (κ2) is 22.8. The van der Waals surface area contributed by atoms with Crippen molar-refractivity contribution < 1.29 is 105 Å². The van der Waals surface area contributed by atoms with Gasteiger partial charge in [0.05, 0.1) is 35.0 Å². The van der Waals surface area contributed by atoms with Crippen molar-refractivity contribution in [1.29, 1.82) is 0 Å². The van der Waals surface area contributed by atoms with Gasteiger partial charge < -0.3 is 35.2 Å². The van der Waals surface area contributed by atoms with Gasteiger partial charge in [0.2, 0.25) is 23.1 Å². The van der Waals surface area contributed by atoms with Gasteiger partial charge in [0, 0.05) is 35.9 Å². The van der Waals surface area contributed by atoms with Crippen LogP contribution in [0.5, 0.6) is 5.75 Å². The van der Waals surface area contributed by atoms with Crippen LogP contribution in [0.3, 0.4) is 0 Å². The van der Waals surface area contributed by atoms with Gasteiger partial charge in [-0.2, -0.15) is 38.0 Å². The first-order chi connectivity index (χ1) is 25.7. The van der Waals surface area contributed by atoms with Crippen LogP contribution >= 0.6 is 58.1 Å². The van der Waals surface area contributed by atoms with E-state index in [0.29, 0.717) is 55.4 Å². The van der Waals surface area contributed by atoms with Crippen LogP contribution in [0.1, 0.15) is 0 Å². The maximum atomic E-state index is 13.6. The van der Waals surface area contributed by atoms with Crippen LogP contribution in [-0.4, -0.2) is 79.2 Å². The molecular formula is C29H25ClF2I2N10Na2O8S2. The summed E-state index contributed by atoms with van der Waals surface area (Å²) in [5.74, 6) is -1.60. The minimum atomic E-state index is -5.13. The van der Waals surface area contributed by atoms with E-state index in [1.54, 1.807) is 12.1 Å². The van der Waals surface area contributed by atoms with E-state index in [4.69, 9.17) is 16.3 Å². The van der Waals surface area contributed by atoms with Gasteiger partial charge in [-0.3, -0.25) is 5.04 Å². The molecule has 288 valence electrons. The summed E-state index contributed by atoms with van der Waals surface area (Å²) in [5, 5.41) is 39.4. The molecule has 3 aromatic carbocycles. The molecular weight excluding hydrogens is 1050 g/mol. The predicted octanol–water partition coefficient (Wildman–Crippen LogP) is 0.436. The maximum Gasteiger partial charge on any atom is 1.00 e. The summed E-state index contributed by atoms with van der Waals surface area (Å²) in [6.45, 7) is 2.08. The van der Waals surface area contributed by atoms with E-state index in [2.05, 4.69) is 83.6 Å². The molecule has 0 atom stereocenters. The molecule has 0 amide bonds. The number of phenols is 1. The summed E-state index contributed by atoms with van der Waals surface area (Å²) in [6, 6.07) is 9.99. The number of fused-ring (bicyclic) bond motifs is 1. The molecule has 3 N–H and O–H groups in total. The summed E-state index contributed by atoms with van der Waals surface area (Å²) in [6.07, 6.45) is -1.37. The number of rotatable bonds is 11. The fraction of sp³-hybridized carbons (Fsp3) is 0.207. The van der Waals surface area contributed by atoms with Gasteiger partial charge >= 0.3 is 110 Å². The van der Waals surface area contributed by atoms with E-state index in [1.165, 1.54) is 12.1 Å². The number of anilines is 5. The van der Waals surface area contributed by atoms with Crippen molar-refractivity contribution in [3.05, 3.63) is 65.8 Å². The zero-order chi connectivity index (χ0) is 39.0. The molecule has 2 aromatic heterocycles. The van der Waals surface area contributed by atoms with Crippen LogP contribution < -0.4 is 79.9 Å². The van der Waals surface area contributed by atoms with Gasteiger partial charge in [0.25, 0.3) is 0 Å². The molecule has 3 heterocycles. The third-order valence-electron chi connectivity index (χ3n) is 6.78. The first-order valence-corrected chi connectivity index (χ1v) is 27.9. The topological polar surface area (TPSA) is 245 Å². The number of alkyl halides is 2. The number of aromatic nitrogens is 5. The van der Waals surface area contributed by atoms with Gasteiger partial charge in [0.15, 0.2) is 5.75 Å². The molecule has 0 saturated carbocycles. The van der Waals surface area contributed by atoms with Gasteiger partial charge in [-0.05, 0) is 53.4 Å². The molecule has 1 aliphatic heterocycles. The molecule has 27 heteroatoms. The van der Waals surface area contributed by atoms with Crippen LogP contribution in [0.15, 0.2) is 68.6 Å². The number of hydrogen-bond acceptors (Lipinski definition) is 19. The van der Waals surface area contributed by atoms with Crippen LogP contribution in [0.25, 0.3) is 10.8 Å². The number of phenolic OH excluding ortho intramolecular Hbond substituents is 1. The summed E-state index contributed by atoms with van der Waals surface area (Å²) < 4.78 is 73.0. The van der Waals surface area contributed by atoms with Crippen molar-refractivity contribution in [1.82, 2.24) is 24.9 Å². The minimum Gasteiger partial charge on any atom is -0.744 e. The molecule has 1 aliphatic rings. The molecule has 0 spiro atoms. The van der Waals surface area contributed by atoms with Gasteiger partial charge in [-0.15, -0.1) is 10.2 Å². The Morgan fingerprint density at radius 1 is 1.00 bits per heavy atom. The Morgan fingerprint density at radius 2 is 1.68 bits per heavy atom. The average Bonchev–Trinajstić information content (AvgIpc) is 3.10. The van der Waals surface area contributed by atoms with Crippen molar-refractivity contribution in [3.8, 4) is 5.75 Å². The molecule has 0 bridgehead atoms. The number of nitrogens with one attached hydrogen (secondary N) is 2. The van der Waals surface area contributed by atoms with Gasteiger partial charge in [0.1, 0.15) is 27.3 Å². The normalized spacial score (nSPS) is 13.0. The Bertz CT molecular complexity index is 2270. The van der Waals surface area contributed by atoms with Crippen molar-refractivity contribution in [2.75, 3.05) is 51.7 Å². The van der Waals surface area contributed by atoms with E-state index < -0.39 is 38.5 Å². The van der Waals surface area contributed by atoms with E-state index in [0.717, 1.165) is 24.3 Å². The zero-order valence-electron chi connectivity index (χ0n) is 29.5. The van der Waals surface area contributed by atoms with Gasteiger partial charge in [-0.25, -0.2) is 8.42 Å². The predicted molar refractivity (Wildman–Crippen MR) is 208 cm³/mol. The van der Waals surface area contributed by atoms with Crippen LogP contribution in [0.2, 0.25) is 5.28 Å². The molecule has 1 fully saturated rings. The fourth-order valence-electron chi connectivity index (χ4n) is 4.65.